The van der Waals surface area contributed by atoms with Crippen LogP contribution in [0.3, 0.4) is 0 Å². The fourth-order valence-corrected chi connectivity index (χ4v) is 2.47. The lowest BCUT2D eigenvalue weighted by Gasteiger charge is -2.27. The van der Waals surface area contributed by atoms with Gasteiger partial charge in [-0.15, -0.1) is 0 Å². The van der Waals surface area contributed by atoms with E-state index in [2.05, 4.69) is 15.4 Å². The Bertz CT molecular complexity index is 782. The minimum absolute atomic E-state index is 0.0144. The van der Waals surface area contributed by atoms with Crippen LogP contribution in [0.4, 0.5) is 5.95 Å². The van der Waals surface area contributed by atoms with E-state index in [1.165, 1.54) is 25.2 Å². The number of rotatable bonds is 3. The first-order chi connectivity index (χ1) is 11.2. The molecule has 0 fully saturated rings. The summed E-state index contributed by atoms with van der Waals surface area (Å²) in [6, 6.07) is 8.60. The number of methoxy groups -OCH3 is 2. The molecule has 1 aliphatic heterocycles. The van der Waals surface area contributed by atoms with Crippen molar-refractivity contribution in [1.82, 2.24) is 14.8 Å². The Balaban J connectivity index is 2.25. The second-order valence-corrected chi connectivity index (χ2v) is 4.73. The smallest absolute Gasteiger partial charge is 0.357 e. The highest BCUT2D eigenvalue weighted by atomic mass is 16.5. The fraction of sp³-hybridized carbons (Fsp3) is 0.200. The number of esters is 2. The zero-order valence-corrected chi connectivity index (χ0v) is 12.5. The van der Waals surface area contributed by atoms with Crippen molar-refractivity contribution >= 4 is 23.6 Å². The Morgan fingerprint density at radius 2 is 1.83 bits per heavy atom. The summed E-state index contributed by atoms with van der Waals surface area (Å²) in [7, 11) is 2.49. The topological polar surface area (TPSA) is 95.3 Å². The number of fused-ring (bicyclic) bond motifs is 1. The zero-order valence-electron chi connectivity index (χ0n) is 12.5. The number of anilines is 1. The first-order valence-electron chi connectivity index (χ1n) is 6.80. The summed E-state index contributed by atoms with van der Waals surface area (Å²) in [5.41, 5.74) is 0.881. The Morgan fingerprint density at radius 3 is 2.48 bits per heavy atom. The van der Waals surface area contributed by atoms with Gasteiger partial charge in [0.05, 0.1) is 25.8 Å². The van der Waals surface area contributed by atoms with Crippen molar-refractivity contribution in [1.29, 1.82) is 0 Å². The second kappa shape index (κ2) is 5.91. The molecule has 0 amide bonds. The minimum Gasteiger partial charge on any atom is -0.466 e. The molecular formula is C15H14N4O4. The molecule has 0 saturated heterocycles. The summed E-state index contributed by atoms with van der Waals surface area (Å²) in [5, 5.41) is 7.07. The predicted octanol–water partition coefficient (Wildman–Crippen LogP) is 1.00. The van der Waals surface area contributed by atoms with E-state index in [0.29, 0.717) is 5.95 Å². The summed E-state index contributed by atoms with van der Waals surface area (Å²) < 4.78 is 10.9. The van der Waals surface area contributed by atoms with E-state index >= 15 is 0 Å². The lowest BCUT2D eigenvalue weighted by molar-refractivity contribution is -0.138. The molecule has 1 atom stereocenters. The third-order valence-electron chi connectivity index (χ3n) is 3.49. The Labute approximate surface area is 131 Å². The molecule has 3 rings (SSSR count). The first-order valence-corrected chi connectivity index (χ1v) is 6.80. The number of aromatic nitrogens is 3. The molecule has 0 aliphatic carbocycles. The molecule has 0 saturated carbocycles. The van der Waals surface area contributed by atoms with Crippen LogP contribution in [0.5, 0.6) is 0 Å². The third kappa shape index (κ3) is 2.44. The summed E-state index contributed by atoms with van der Waals surface area (Å²) in [6.07, 6.45) is 1.29. The van der Waals surface area contributed by atoms with Gasteiger partial charge in [-0.3, -0.25) is 0 Å². The molecule has 8 nitrogen and oxygen atoms in total. The van der Waals surface area contributed by atoms with Gasteiger partial charge in [-0.2, -0.15) is 14.8 Å². The van der Waals surface area contributed by atoms with Gasteiger partial charge < -0.3 is 14.8 Å². The Morgan fingerprint density at radius 1 is 1.13 bits per heavy atom. The molecule has 23 heavy (non-hydrogen) atoms. The summed E-state index contributed by atoms with van der Waals surface area (Å²) in [4.78, 5) is 28.6. The average Bonchev–Trinajstić information content (AvgIpc) is 3.07. The van der Waals surface area contributed by atoms with Crippen molar-refractivity contribution in [3.63, 3.8) is 0 Å². The van der Waals surface area contributed by atoms with E-state index in [1.807, 2.05) is 30.3 Å². The molecule has 118 valence electrons. The van der Waals surface area contributed by atoms with Crippen LogP contribution >= 0.6 is 0 Å². The van der Waals surface area contributed by atoms with E-state index in [4.69, 9.17) is 9.47 Å². The van der Waals surface area contributed by atoms with Gasteiger partial charge in [0, 0.05) is 0 Å². The number of carbonyl (C=O) groups excluding carboxylic acids is 2. The first kappa shape index (κ1) is 14.8. The van der Waals surface area contributed by atoms with Crippen LogP contribution in [0.1, 0.15) is 11.6 Å². The monoisotopic (exact) mass is 314 g/mol. The maximum atomic E-state index is 12.3. The number of benzene rings is 1. The Kier molecular flexibility index (Phi) is 3.80. The van der Waals surface area contributed by atoms with Crippen molar-refractivity contribution in [3.8, 4) is 0 Å². The van der Waals surface area contributed by atoms with Gasteiger partial charge in [0.1, 0.15) is 6.33 Å². The summed E-state index contributed by atoms with van der Waals surface area (Å²) in [6.45, 7) is 0. The van der Waals surface area contributed by atoms with Crippen LogP contribution in [0.15, 0.2) is 42.2 Å². The van der Waals surface area contributed by atoms with Gasteiger partial charge >= 0.3 is 11.9 Å². The van der Waals surface area contributed by atoms with E-state index in [0.717, 1.165) is 5.56 Å². The van der Waals surface area contributed by atoms with Crippen molar-refractivity contribution < 1.29 is 19.1 Å². The molecule has 1 unspecified atom stereocenters. The molecule has 0 spiro atoms. The Hall–Kier alpha value is -3.16. The molecule has 8 heteroatoms. The van der Waals surface area contributed by atoms with Crippen LogP contribution in [0.2, 0.25) is 0 Å². The minimum atomic E-state index is -0.695. The summed E-state index contributed by atoms with van der Waals surface area (Å²) in [5.74, 6) is -1.00. The SMILES string of the molecule is COC(=O)C1=C(C(=O)OC)n2ncnc2NC1c1ccccc1. The number of nitrogens with one attached hydrogen (secondary N) is 1. The van der Waals surface area contributed by atoms with E-state index in [1.54, 1.807) is 0 Å². The molecule has 2 aromatic rings. The van der Waals surface area contributed by atoms with Crippen molar-refractivity contribution in [2.45, 2.75) is 6.04 Å². The van der Waals surface area contributed by atoms with E-state index in [9.17, 15) is 9.59 Å². The van der Waals surface area contributed by atoms with Crippen LogP contribution in [-0.2, 0) is 19.1 Å². The van der Waals surface area contributed by atoms with Crippen molar-refractivity contribution in [2.75, 3.05) is 19.5 Å². The number of carbonyl (C=O) groups is 2. The van der Waals surface area contributed by atoms with Crippen molar-refractivity contribution in [2.24, 2.45) is 0 Å². The molecule has 0 bridgehead atoms. The molecular weight excluding hydrogens is 300 g/mol. The average molecular weight is 314 g/mol. The van der Waals surface area contributed by atoms with E-state index in [-0.39, 0.29) is 11.3 Å². The molecule has 1 aromatic heterocycles. The highest BCUT2D eigenvalue weighted by Crippen LogP contribution is 2.35. The molecule has 1 aromatic carbocycles. The van der Waals surface area contributed by atoms with Crippen molar-refractivity contribution in [3.05, 3.63) is 47.8 Å². The maximum Gasteiger partial charge on any atom is 0.357 e. The van der Waals surface area contributed by atoms with Gasteiger partial charge in [-0.05, 0) is 5.56 Å². The second-order valence-electron chi connectivity index (χ2n) is 4.73. The normalized spacial score (nSPS) is 16.3. The van der Waals surface area contributed by atoms with E-state index < -0.39 is 18.0 Å². The van der Waals surface area contributed by atoms with Crippen LogP contribution < -0.4 is 5.32 Å². The van der Waals surface area contributed by atoms with Crippen LogP contribution in [0.25, 0.3) is 5.70 Å². The largest absolute Gasteiger partial charge is 0.466 e. The fourth-order valence-electron chi connectivity index (χ4n) is 2.47. The number of ether oxygens (including phenoxy) is 2. The quantitative estimate of drug-likeness (QED) is 0.844. The van der Waals surface area contributed by atoms with Gasteiger partial charge in [-0.25, -0.2) is 9.59 Å². The van der Waals surface area contributed by atoms with Gasteiger partial charge in [0.2, 0.25) is 5.95 Å². The van der Waals surface area contributed by atoms with Crippen LogP contribution in [-0.4, -0.2) is 40.9 Å². The van der Waals surface area contributed by atoms with Gasteiger partial charge in [-0.1, -0.05) is 30.3 Å². The number of hydrogen-bond acceptors (Lipinski definition) is 7. The third-order valence-corrected chi connectivity index (χ3v) is 3.49. The summed E-state index contributed by atoms with van der Waals surface area (Å²) >= 11 is 0. The lowest BCUT2D eigenvalue weighted by Crippen LogP contribution is -2.31. The maximum absolute atomic E-state index is 12.3. The number of hydrogen-bond donors (Lipinski definition) is 1. The molecule has 1 N–H and O–H groups in total. The zero-order chi connectivity index (χ0) is 16.4. The number of nitrogens with zero attached hydrogens (tertiary/aromatic N) is 3. The molecule has 2 heterocycles. The highest BCUT2D eigenvalue weighted by Gasteiger charge is 2.37. The highest BCUT2D eigenvalue weighted by molar-refractivity contribution is 6.19. The van der Waals surface area contributed by atoms with Gasteiger partial charge in [0.15, 0.2) is 5.70 Å². The van der Waals surface area contributed by atoms with Gasteiger partial charge in [0.25, 0.3) is 0 Å². The predicted molar refractivity (Wildman–Crippen MR) is 80.1 cm³/mol. The molecule has 0 radical (unpaired) electrons. The standard InChI is InChI=1S/C15H14N4O4/c1-22-13(20)10-11(9-6-4-3-5-7-9)18-15-16-8-17-19(15)12(10)14(21)23-2/h3-8,11H,1-2H3,(H,16,17,18). The lowest BCUT2D eigenvalue weighted by atomic mass is 9.95. The molecule has 1 aliphatic rings. The van der Waals surface area contributed by atoms with Crippen LogP contribution in [0, 0.1) is 0 Å².